The second kappa shape index (κ2) is 6.03. The van der Waals surface area contributed by atoms with Gasteiger partial charge < -0.3 is 15.5 Å². The van der Waals surface area contributed by atoms with Crippen molar-refractivity contribution in [2.45, 2.75) is 25.8 Å². The molecule has 0 amide bonds. The monoisotopic (exact) mass is 235 g/mol. The molecule has 1 saturated carbocycles. The predicted molar refractivity (Wildman–Crippen MR) is 67.7 cm³/mol. The van der Waals surface area contributed by atoms with E-state index in [0.717, 1.165) is 25.1 Å². The topological polar surface area (TPSA) is 52.5 Å². The lowest BCUT2D eigenvalue weighted by atomic mass is 9.97. The number of aromatic hydroxyl groups is 1. The van der Waals surface area contributed by atoms with Gasteiger partial charge in [-0.2, -0.15) is 0 Å². The molecule has 0 aliphatic heterocycles. The van der Waals surface area contributed by atoms with Gasteiger partial charge in [0, 0.05) is 13.2 Å². The summed E-state index contributed by atoms with van der Waals surface area (Å²) in [7, 11) is 0. The van der Waals surface area contributed by atoms with Gasteiger partial charge in [0.25, 0.3) is 0 Å². The molecule has 2 rings (SSSR count). The molecule has 0 saturated heterocycles. The highest BCUT2D eigenvalue weighted by atomic mass is 16.3. The number of benzene rings is 1. The van der Waals surface area contributed by atoms with E-state index < -0.39 is 0 Å². The van der Waals surface area contributed by atoms with Crippen molar-refractivity contribution in [2.75, 3.05) is 13.2 Å². The van der Waals surface area contributed by atoms with Crippen LogP contribution in [0.3, 0.4) is 0 Å². The summed E-state index contributed by atoms with van der Waals surface area (Å²) in [5.74, 6) is 1.40. The summed E-state index contributed by atoms with van der Waals surface area (Å²) in [5.41, 5.74) is 1.10. The highest BCUT2D eigenvalue weighted by Crippen LogP contribution is 2.30. The Morgan fingerprint density at radius 3 is 2.82 bits per heavy atom. The Morgan fingerprint density at radius 1 is 1.24 bits per heavy atom. The third-order valence-electron chi connectivity index (χ3n) is 3.70. The van der Waals surface area contributed by atoms with Crippen LogP contribution in [0.1, 0.15) is 24.8 Å². The van der Waals surface area contributed by atoms with E-state index in [1.54, 1.807) is 12.1 Å². The number of nitrogens with one attached hydrogen (secondary N) is 1. The van der Waals surface area contributed by atoms with Gasteiger partial charge in [0.05, 0.1) is 0 Å². The minimum Gasteiger partial charge on any atom is -0.508 e. The molecule has 1 aliphatic rings. The van der Waals surface area contributed by atoms with Crippen LogP contribution in [-0.2, 0) is 6.54 Å². The van der Waals surface area contributed by atoms with Gasteiger partial charge in [-0.1, -0.05) is 18.6 Å². The lowest BCUT2D eigenvalue weighted by Crippen LogP contribution is -2.26. The summed E-state index contributed by atoms with van der Waals surface area (Å²) in [6, 6.07) is 7.33. The molecule has 0 bridgehead atoms. The first kappa shape index (κ1) is 12.4. The Hall–Kier alpha value is -1.06. The van der Waals surface area contributed by atoms with Crippen molar-refractivity contribution in [2.24, 2.45) is 11.8 Å². The molecule has 0 aromatic heterocycles. The van der Waals surface area contributed by atoms with Crippen molar-refractivity contribution in [1.29, 1.82) is 0 Å². The number of hydrogen-bond donors (Lipinski definition) is 3. The van der Waals surface area contributed by atoms with Crippen LogP contribution in [0.5, 0.6) is 5.75 Å². The molecule has 0 heterocycles. The molecule has 2 atom stereocenters. The standard InChI is InChI=1S/C14H21NO2/c16-10-13-5-2-4-12(13)9-15-8-11-3-1-6-14(17)7-11/h1,3,6-7,12-13,15-17H,2,4-5,8-10H2. The Morgan fingerprint density at radius 2 is 2.06 bits per heavy atom. The molecule has 17 heavy (non-hydrogen) atoms. The van der Waals surface area contributed by atoms with Gasteiger partial charge in [-0.25, -0.2) is 0 Å². The maximum Gasteiger partial charge on any atom is 0.115 e. The molecule has 3 nitrogen and oxygen atoms in total. The second-order valence-corrected chi connectivity index (χ2v) is 4.93. The fourth-order valence-corrected chi connectivity index (χ4v) is 2.69. The zero-order valence-corrected chi connectivity index (χ0v) is 10.1. The zero-order chi connectivity index (χ0) is 12.1. The lowest BCUT2D eigenvalue weighted by molar-refractivity contribution is 0.192. The SMILES string of the molecule is OCC1CCCC1CNCc1cccc(O)c1. The summed E-state index contributed by atoms with van der Waals surface area (Å²) in [6.45, 7) is 2.06. The number of phenols is 1. The lowest BCUT2D eigenvalue weighted by Gasteiger charge is -2.17. The normalized spacial score (nSPS) is 24.1. The second-order valence-electron chi connectivity index (χ2n) is 4.93. The average Bonchev–Trinajstić information content (AvgIpc) is 2.77. The average molecular weight is 235 g/mol. The molecule has 1 aliphatic carbocycles. The van der Waals surface area contributed by atoms with Crippen LogP contribution in [0.4, 0.5) is 0 Å². The maximum atomic E-state index is 9.34. The molecule has 0 radical (unpaired) electrons. The van der Waals surface area contributed by atoms with Crippen LogP contribution >= 0.6 is 0 Å². The molecule has 1 aromatic carbocycles. The molecule has 1 aromatic rings. The van der Waals surface area contributed by atoms with E-state index in [2.05, 4.69) is 5.32 Å². The minimum absolute atomic E-state index is 0.318. The number of rotatable bonds is 5. The third kappa shape index (κ3) is 3.45. The first-order valence-electron chi connectivity index (χ1n) is 6.39. The summed E-state index contributed by atoms with van der Waals surface area (Å²) >= 11 is 0. The van der Waals surface area contributed by atoms with Crippen LogP contribution in [0.25, 0.3) is 0 Å². The van der Waals surface area contributed by atoms with Crippen LogP contribution in [0.2, 0.25) is 0 Å². The fraction of sp³-hybridized carbons (Fsp3) is 0.571. The summed E-state index contributed by atoms with van der Waals surface area (Å²) in [6.07, 6.45) is 3.62. The van der Waals surface area contributed by atoms with E-state index in [-0.39, 0.29) is 0 Å². The third-order valence-corrected chi connectivity index (χ3v) is 3.70. The van der Waals surface area contributed by atoms with Gasteiger partial charge in [0.15, 0.2) is 0 Å². The van der Waals surface area contributed by atoms with Crippen molar-refractivity contribution in [1.82, 2.24) is 5.32 Å². The fourth-order valence-electron chi connectivity index (χ4n) is 2.69. The quantitative estimate of drug-likeness (QED) is 0.730. The number of hydrogen-bond acceptors (Lipinski definition) is 3. The van der Waals surface area contributed by atoms with Crippen LogP contribution in [-0.4, -0.2) is 23.4 Å². The summed E-state index contributed by atoms with van der Waals surface area (Å²) in [5, 5.41) is 22.0. The van der Waals surface area contributed by atoms with Crippen LogP contribution in [0, 0.1) is 11.8 Å². The Bertz CT molecular complexity index is 354. The van der Waals surface area contributed by atoms with Gasteiger partial charge in [0.1, 0.15) is 5.75 Å². The van der Waals surface area contributed by atoms with Gasteiger partial charge in [-0.05, 0) is 48.9 Å². The summed E-state index contributed by atoms with van der Waals surface area (Å²) < 4.78 is 0. The maximum absolute atomic E-state index is 9.34. The predicted octanol–water partition coefficient (Wildman–Crippen LogP) is 1.89. The number of aliphatic hydroxyl groups is 1. The van der Waals surface area contributed by atoms with Crippen molar-refractivity contribution < 1.29 is 10.2 Å². The van der Waals surface area contributed by atoms with Crippen LogP contribution in [0.15, 0.2) is 24.3 Å². The Labute approximate surface area is 102 Å². The highest BCUT2D eigenvalue weighted by Gasteiger charge is 2.25. The highest BCUT2D eigenvalue weighted by molar-refractivity contribution is 5.26. The van der Waals surface area contributed by atoms with Gasteiger partial charge >= 0.3 is 0 Å². The molecular formula is C14H21NO2. The van der Waals surface area contributed by atoms with E-state index in [1.165, 1.54) is 12.8 Å². The van der Waals surface area contributed by atoms with E-state index in [0.29, 0.717) is 24.2 Å². The zero-order valence-electron chi connectivity index (χ0n) is 10.1. The molecule has 1 fully saturated rings. The van der Waals surface area contributed by atoms with Gasteiger partial charge in [0.2, 0.25) is 0 Å². The van der Waals surface area contributed by atoms with E-state index in [4.69, 9.17) is 0 Å². The molecule has 3 N–H and O–H groups in total. The van der Waals surface area contributed by atoms with E-state index >= 15 is 0 Å². The van der Waals surface area contributed by atoms with E-state index in [9.17, 15) is 10.2 Å². The molecule has 94 valence electrons. The van der Waals surface area contributed by atoms with Crippen molar-refractivity contribution in [3.8, 4) is 5.75 Å². The molecule has 2 unspecified atom stereocenters. The molecular weight excluding hydrogens is 214 g/mol. The van der Waals surface area contributed by atoms with Crippen LogP contribution < -0.4 is 5.32 Å². The van der Waals surface area contributed by atoms with Crippen molar-refractivity contribution in [3.63, 3.8) is 0 Å². The van der Waals surface area contributed by atoms with E-state index in [1.807, 2.05) is 12.1 Å². The first-order chi connectivity index (χ1) is 8.29. The van der Waals surface area contributed by atoms with Gasteiger partial charge in [-0.15, -0.1) is 0 Å². The smallest absolute Gasteiger partial charge is 0.115 e. The summed E-state index contributed by atoms with van der Waals surface area (Å²) in [4.78, 5) is 0. The number of aliphatic hydroxyl groups excluding tert-OH is 1. The molecule has 0 spiro atoms. The largest absolute Gasteiger partial charge is 0.508 e. The van der Waals surface area contributed by atoms with Crippen molar-refractivity contribution >= 4 is 0 Å². The van der Waals surface area contributed by atoms with Crippen molar-refractivity contribution in [3.05, 3.63) is 29.8 Å². The Kier molecular flexibility index (Phi) is 4.40. The minimum atomic E-state index is 0.318. The number of phenolic OH excluding ortho intramolecular Hbond substituents is 1. The first-order valence-corrected chi connectivity index (χ1v) is 6.39. The Balaban J connectivity index is 1.76. The van der Waals surface area contributed by atoms with Gasteiger partial charge in [-0.3, -0.25) is 0 Å². The molecule has 3 heteroatoms.